The topological polar surface area (TPSA) is 134 Å². The number of primary amides is 1. The van der Waals surface area contributed by atoms with Crippen molar-refractivity contribution in [3.63, 3.8) is 0 Å². The van der Waals surface area contributed by atoms with Crippen LogP contribution in [0, 0.1) is 24.2 Å². The third-order valence-corrected chi connectivity index (χ3v) is 6.86. The van der Waals surface area contributed by atoms with E-state index in [1.165, 1.54) is 10.5 Å². The lowest BCUT2D eigenvalue weighted by atomic mass is 9.95. The molecule has 3 heterocycles. The number of pyridine rings is 1. The predicted molar refractivity (Wildman–Crippen MR) is 129 cm³/mol. The Morgan fingerprint density at radius 1 is 1.21 bits per heavy atom. The van der Waals surface area contributed by atoms with Gasteiger partial charge >= 0.3 is 0 Å². The van der Waals surface area contributed by atoms with Crippen molar-refractivity contribution in [1.82, 2.24) is 14.7 Å². The summed E-state index contributed by atoms with van der Waals surface area (Å²) in [6.07, 6.45) is 9.15. The molecule has 0 bridgehead atoms. The second-order valence-corrected chi connectivity index (χ2v) is 9.18. The molecule has 9 nitrogen and oxygen atoms in total. The fraction of sp³-hybridized carbons (Fsp3) is 0.480. The molecule has 34 heavy (non-hydrogen) atoms. The first-order chi connectivity index (χ1) is 16.4. The third-order valence-electron chi connectivity index (χ3n) is 6.86. The average Bonchev–Trinajstić information content (AvgIpc) is 2.84. The van der Waals surface area contributed by atoms with Gasteiger partial charge in [-0.05, 0) is 50.3 Å². The zero-order chi connectivity index (χ0) is 24.2. The van der Waals surface area contributed by atoms with E-state index in [4.69, 9.17) is 10.7 Å². The summed E-state index contributed by atoms with van der Waals surface area (Å²) < 4.78 is 1.44. The monoisotopic (exact) mass is 462 g/mol. The molecule has 1 aliphatic carbocycles. The molecule has 1 saturated heterocycles. The van der Waals surface area contributed by atoms with E-state index in [2.05, 4.69) is 5.32 Å². The number of nitrogens with zero attached hydrogens (tertiary/aromatic N) is 4. The summed E-state index contributed by atoms with van der Waals surface area (Å²) in [6.45, 7) is 2.87. The van der Waals surface area contributed by atoms with Crippen molar-refractivity contribution in [3.8, 4) is 6.07 Å². The molecule has 0 unspecified atom stereocenters. The quantitative estimate of drug-likeness (QED) is 0.516. The minimum Gasteiger partial charge on any atom is -0.369 e. The number of aromatic nitrogens is 2. The van der Waals surface area contributed by atoms with Crippen molar-refractivity contribution < 1.29 is 9.59 Å². The van der Waals surface area contributed by atoms with E-state index in [0.717, 1.165) is 37.7 Å². The molecule has 2 aromatic heterocycles. The van der Waals surface area contributed by atoms with E-state index in [1.807, 2.05) is 24.0 Å². The number of rotatable bonds is 5. The summed E-state index contributed by atoms with van der Waals surface area (Å²) in [6, 6.07) is 5.65. The Kier molecular flexibility index (Phi) is 6.96. The number of fused-ring (bicyclic) bond motifs is 1. The zero-order valence-electron chi connectivity index (χ0n) is 19.4. The highest BCUT2D eigenvalue weighted by Crippen LogP contribution is 2.26. The van der Waals surface area contributed by atoms with Gasteiger partial charge in [-0.1, -0.05) is 25.3 Å². The highest BCUT2D eigenvalue weighted by atomic mass is 16.2. The molecule has 2 fully saturated rings. The molecule has 178 valence electrons. The normalized spacial score (nSPS) is 18.0. The number of hydrogen-bond donors (Lipinski definition) is 2. The maximum Gasteiger partial charge on any atom is 0.267 e. The van der Waals surface area contributed by atoms with Crippen LogP contribution in [-0.4, -0.2) is 40.3 Å². The van der Waals surface area contributed by atoms with Gasteiger partial charge in [-0.25, -0.2) is 4.98 Å². The molecule has 2 amide bonds. The standard InChI is InChI=1S/C25H30N6O3/c1-16-6-5-11-31-22(16)29-23(30-12-9-17(10-13-30)21(27)32)20(25(31)34)14-18(15-26)24(33)28-19-7-3-2-4-8-19/h5-6,11,14,17,19H,2-4,7-10,12-13H2,1H3,(H2,27,32)(H,28,33). The van der Waals surface area contributed by atoms with Crippen molar-refractivity contribution in [2.24, 2.45) is 11.7 Å². The second kappa shape index (κ2) is 10.1. The molecule has 2 aromatic rings. The minimum atomic E-state index is -0.471. The molecule has 2 aliphatic rings. The van der Waals surface area contributed by atoms with E-state index >= 15 is 0 Å². The number of carbonyl (C=O) groups excluding carboxylic acids is 2. The number of hydrogen-bond acceptors (Lipinski definition) is 6. The fourth-order valence-electron chi connectivity index (χ4n) is 4.85. The summed E-state index contributed by atoms with van der Waals surface area (Å²) in [5.41, 5.74) is 6.55. The zero-order valence-corrected chi connectivity index (χ0v) is 19.4. The van der Waals surface area contributed by atoms with Gasteiger partial charge in [0, 0.05) is 31.2 Å². The lowest BCUT2D eigenvalue weighted by Gasteiger charge is -2.32. The van der Waals surface area contributed by atoms with E-state index in [9.17, 15) is 19.6 Å². The molecule has 4 rings (SSSR count). The number of nitrogens with two attached hydrogens (primary N) is 1. The second-order valence-electron chi connectivity index (χ2n) is 9.18. The lowest BCUT2D eigenvalue weighted by molar-refractivity contribution is -0.122. The largest absolute Gasteiger partial charge is 0.369 e. The van der Waals surface area contributed by atoms with Gasteiger partial charge in [-0.3, -0.25) is 18.8 Å². The van der Waals surface area contributed by atoms with Gasteiger partial charge in [0.15, 0.2) is 0 Å². The summed E-state index contributed by atoms with van der Waals surface area (Å²) in [4.78, 5) is 44.7. The van der Waals surface area contributed by atoms with Crippen LogP contribution in [0.3, 0.4) is 0 Å². The summed E-state index contributed by atoms with van der Waals surface area (Å²) in [7, 11) is 0. The lowest BCUT2D eigenvalue weighted by Crippen LogP contribution is -2.40. The fourth-order valence-corrected chi connectivity index (χ4v) is 4.85. The van der Waals surface area contributed by atoms with Gasteiger partial charge in [-0.2, -0.15) is 5.26 Å². The SMILES string of the molecule is Cc1cccn2c(=O)c(C=C(C#N)C(=O)NC3CCCCC3)c(N3CCC(C(N)=O)CC3)nc12. The molecule has 0 atom stereocenters. The highest BCUT2D eigenvalue weighted by Gasteiger charge is 2.27. The van der Waals surface area contributed by atoms with Crippen molar-refractivity contribution in [2.45, 2.75) is 57.9 Å². The number of carbonyl (C=O) groups is 2. The Balaban J connectivity index is 1.75. The van der Waals surface area contributed by atoms with Crippen molar-refractivity contribution >= 4 is 29.4 Å². The Labute approximate surface area is 198 Å². The van der Waals surface area contributed by atoms with Crippen LogP contribution in [0.15, 0.2) is 28.7 Å². The van der Waals surface area contributed by atoms with E-state index < -0.39 is 5.91 Å². The Bertz CT molecular complexity index is 1230. The smallest absolute Gasteiger partial charge is 0.267 e. The van der Waals surface area contributed by atoms with Crippen molar-refractivity contribution in [2.75, 3.05) is 18.0 Å². The summed E-state index contributed by atoms with van der Waals surface area (Å²) in [5, 5.41) is 12.7. The maximum atomic E-state index is 13.5. The van der Waals surface area contributed by atoms with E-state index in [0.29, 0.717) is 37.4 Å². The summed E-state index contributed by atoms with van der Waals surface area (Å²) in [5.74, 6) is -0.593. The summed E-state index contributed by atoms with van der Waals surface area (Å²) >= 11 is 0. The van der Waals surface area contributed by atoms with Crippen molar-refractivity contribution in [1.29, 1.82) is 5.26 Å². The van der Waals surface area contributed by atoms with Crippen LogP contribution in [0.5, 0.6) is 0 Å². The van der Waals surface area contributed by atoms with Crippen LogP contribution in [0.1, 0.15) is 56.1 Å². The first-order valence-electron chi connectivity index (χ1n) is 11.9. The molecule has 1 saturated carbocycles. The van der Waals surface area contributed by atoms with Crippen LogP contribution in [0.25, 0.3) is 11.7 Å². The molecular formula is C25H30N6O3. The van der Waals surface area contributed by atoms with Gasteiger partial charge < -0.3 is 16.0 Å². The molecule has 0 aromatic carbocycles. The Morgan fingerprint density at radius 2 is 1.91 bits per heavy atom. The van der Waals surface area contributed by atoms with Crippen LogP contribution < -0.4 is 21.5 Å². The molecule has 9 heteroatoms. The molecular weight excluding hydrogens is 432 g/mol. The number of anilines is 1. The predicted octanol–water partition coefficient (Wildman–Crippen LogP) is 2.06. The van der Waals surface area contributed by atoms with Crippen molar-refractivity contribution in [3.05, 3.63) is 45.4 Å². The molecule has 0 radical (unpaired) electrons. The maximum absolute atomic E-state index is 13.5. The third kappa shape index (κ3) is 4.81. The van der Waals surface area contributed by atoms with Gasteiger partial charge in [0.25, 0.3) is 11.5 Å². The molecule has 1 aliphatic heterocycles. The van der Waals surface area contributed by atoms with Gasteiger partial charge in [0.2, 0.25) is 5.91 Å². The molecule has 0 spiro atoms. The van der Waals surface area contributed by atoms with Crippen LogP contribution in [0.4, 0.5) is 5.82 Å². The van der Waals surface area contributed by atoms with Crippen LogP contribution in [-0.2, 0) is 9.59 Å². The number of nitrogens with one attached hydrogen (secondary N) is 1. The van der Waals surface area contributed by atoms with Gasteiger partial charge in [-0.15, -0.1) is 0 Å². The van der Waals surface area contributed by atoms with Crippen LogP contribution in [0.2, 0.25) is 0 Å². The number of amides is 2. The number of nitriles is 1. The first kappa shape index (κ1) is 23.5. The van der Waals surface area contributed by atoms with E-state index in [-0.39, 0.29) is 34.6 Å². The first-order valence-corrected chi connectivity index (χ1v) is 11.9. The van der Waals surface area contributed by atoms with E-state index in [1.54, 1.807) is 12.3 Å². The van der Waals surface area contributed by atoms with Gasteiger partial charge in [0.1, 0.15) is 23.1 Å². The Morgan fingerprint density at radius 3 is 2.56 bits per heavy atom. The Hall–Kier alpha value is -3.67. The van der Waals surface area contributed by atoms with Crippen LogP contribution >= 0.6 is 0 Å². The number of aryl methyl sites for hydroxylation is 1. The number of piperidine rings is 1. The average molecular weight is 463 g/mol. The molecule has 3 N–H and O–H groups in total. The minimum absolute atomic E-state index is 0.0452. The van der Waals surface area contributed by atoms with Gasteiger partial charge in [0.05, 0.1) is 5.56 Å². The highest BCUT2D eigenvalue weighted by molar-refractivity contribution is 6.02.